The number of nitrogens with zero attached hydrogens (tertiary/aromatic N) is 1. The fourth-order valence-electron chi connectivity index (χ4n) is 2.70. The smallest absolute Gasteiger partial charge is 0.308 e. The Morgan fingerprint density at radius 1 is 1.29 bits per heavy atom. The molecular formula is C21H28N2O5. The first kappa shape index (κ1) is 21.5. The minimum atomic E-state index is -0.875. The molecule has 152 valence electrons. The number of benzene rings is 1. The molecule has 0 aliphatic carbocycles. The Hall–Kier alpha value is -2.83. The maximum absolute atomic E-state index is 12.9. The van der Waals surface area contributed by atoms with E-state index in [4.69, 9.17) is 9.47 Å². The number of nitrogens with one attached hydrogen (secondary N) is 1. The third-order valence-electron chi connectivity index (χ3n) is 4.12. The second-order valence-electron chi connectivity index (χ2n) is 7.36. The Labute approximate surface area is 165 Å². The molecular weight excluding hydrogens is 360 g/mol. The Morgan fingerprint density at radius 2 is 1.96 bits per heavy atom. The summed E-state index contributed by atoms with van der Waals surface area (Å²) in [6.45, 7) is 10.9. The molecule has 0 aromatic heterocycles. The van der Waals surface area contributed by atoms with Gasteiger partial charge >= 0.3 is 5.97 Å². The first-order chi connectivity index (χ1) is 13.3. The minimum absolute atomic E-state index is 0.163. The molecule has 1 N–H and O–H groups in total. The van der Waals surface area contributed by atoms with Crippen molar-refractivity contribution in [3.05, 3.63) is 42.0 Å². The van der Waals surface area contributed by atoms with E-state index in [1.54, 1.807) is 24.3 Å². The van der Waals surface area contributed by atoms with E-state index < -0.39 is 12.0 Å². The molecule has 2 rings (SSSR count). The topological polar surface area (TPSA) is 84.9 Å². The van der Waals surface area contributed by atoms with Crippen LogP contribution in [0.15, 0.2) is 36.4 Å². The molecule has 2 amide bonds. The van der Waals surface area contributed by atoms with Crippen LogP contribution in [0.25, 0.3) is 0 Å². The van der Waals surface area contributed by atoms with Crippen molar-refractivity contribution in [1.29, 1.82) is 0 Å². The molecule has 1 aromatic rings. The van der Waals surface area contributed by atoms with Crippen LogP contribution in [0.2, 0.25) is 0 Å². The van der Waals surface area contributed by atoms with Gasteiger partial charge < -0.3 is 19.7 Å². The second-order valence-corrected chi connectivity index (χ2v) is 7.36. The van der Waals surface area contributed by atoms with Crippen LogP contribution >= 0.6 is 0 Å². The quantitative estimate of drug-likeness (QED) is 0.545. The number of esters is 1. The van der Waals surface area contributed by atoms with Gasteiger partial charge in [0.1, 0.15) is 18.4 Å². The van der Waals surface area contributed by atoms with Gasteiger partial charge in [-0.1, -0.05) is 20.4 Å². The molecule has 1 aliphatic heterocycles. The van der Waals surface area contributed by atoms with Gasteiger partial charge in [-0.25, -0.2) is 0 Å². The highest BCUT2D eigenvalue weighted by Crippen LogP contribution is 2.18. The molecule has 1 atom stereocenters. The van der Waals surface area contributed by atoms with E-state index in [1.165, 1.54) is 4.90 Å². The van der Waals surface area contributed by atoms with Crippen molar-refractivity contribution in [2.24, 2.45) is 5.92 Å². The van der Waals surface area contributed by atoms with Crippen molar-refractivity contribution in [1.82, 2.24) is 10.2 Å². The summed E-state index contributed by atoms with van der Waals surface area (Å²) in [7, 11) is 0. The van der Waals surface area contributed by atoms with Gasteiger partial charge in [-0.15, -0.1) is 0 Å². The van der Waals surface area contributed by atoms with Crippen molar-refractivity contribution < 1.29 is 23.9 Å². The van der Waals surface area contributed by atoms with E-state index in [0.717, 1.165) is 5.57 Å². The zero-order valence-corrected chi connectivity index (χ0v) is 16.7. The van der Waals surface area contributed by atoms with Crippen LogP contribution in [-0.4, -0.2) is 55.0 Å². The largest absolute Gasteiger partial charge is 0.489 e. The van der Waals surface area contributed by atoms with Crippen LogP contribution in [0.5, 0.6) is 5.75 Å². The maximum atomic E-state index is 12.9. The van der Waals surface area contributed by atoms with Gasteiger partial charge in [0, 0.05) is 18.7 Å². The van der Waals surface area contributed by atoms with Crippen LogP contribution in [0.4, 0.5) is 0 Å². The highest BCUT2D eigenvalue weighted by atomic mass is 16.5. The van der Waals surface area contributed by atoms with E-state index in [2.05, 4.69) is 11.9 Å². The summed E-state index contributed by atoms with van der Waals surface area (Å²) in [5, 5.41) is 2.71. The summed E-state index contributed by atoms with van der Waals surface area (Å²) in [6.07, 6.45) is -0.163. The molecule has 1 saturated heterocycles. The Kier molecular flexibility index (Phi) is 7.61. The molecule has 0 radical (unpaired) electrons. The molecule has 0 saturated carbocycles. The van der Waals surface area contributed by atoms with Gasteiger partial charge in [0.25, 0.3) is 5.91 Å². The number of amides is 2. The highest BCUT2D eigenvalue weighted by Gasteiger charge is 2.35. The average molecular weight is 388 g/mol. The molecule has 1 aliphatic rings. The molecule has 28 heavy (non-hydrogen) atoms. The van der Waals surface area contributed by atoms with Crippen molar-refractivity contribution in [3.8, 4) is 5.75 Å². The minimum Gasteiger partial charge on any atom is -0.489 e. The zero-order valence-electron chi connectivity index (χ0n) is 16.7. The van der Waals surface area contributed by atoms with Crippen LogP contribution in [0.3, 0.4) is 0 Å². The standard InChI is InChI=1S/C21H28N2O5/c1-14(2)12-27-17-7-5-16(6-8-17)21(26)23-10-9-22-20(25)18(23)11-19(24)28-13-15(3)4/h5-8,15,18H,1,9-13H2,2-4H3,(H,22,25). The maximum Gasteiger partial charge on any atom is 0.308 e. The lowest BCUT2D eigenvalue weighted by atomic mass is 10.1. The lowest BCUT2D eigenvalue weighted by Gasteiger charge is -2.34. The third kappa shape index (κ3) is 6.11. The Morgan fingerprint density at radius 3 is 2.57 bits per heavy atom. The van der Waals surface area contributed by atoms with Crippen molar-refractivity contribution >= 4 is 17.8 Å². The van der Waals surface area contributed by atoms with E-state index in [9.17, 15) is 14.4 Å². The van der Waals surface area contributed by atoms with E-state index in [0.29, 0.717) is 31.0 Å². The molecule has 0 spiro atoms. The zero-order chi connectivity index (χ0) is 20.7. The molecule has 7 heteroatoms. The van der Waals surface area contributed by atoms with Gasteiger partial charge in [-0.2, -0.15) is 0 Å². The predicted octanol–water partition coefficient (Wildman–Crippen LogP) is 2.17. The molecule has 1 unspecified atom stereocenters. The Balaban J connectivity index is 2.06. The van der Waals surface area contributed by atoms with Gasteiger partial charge in [0.15, 0.2) is 0 Å². The average Bonchev–Trinajstić information content (AvgIpc) is 2.66. The molecule has 0 bridgehead atoms. The SMILES string of the molecule is C=C(C)COc1ccc(C(=O)N2CCNC(=O)C2CC(=O)OCC(C)C)cc1. The third-order valence-corrected chi connectivity index (χ3v) is 4.12. The van der Waals surface area contributed by atoms with E-state index >= 15 is 0 Å². The van der Waals surface area contributed by atoms with Crippen molar-refractivity contribution in [2.45, 2.75) is 33.2 Å². The monoisotopic (exact) mass is 388 g/mol. The first-order valence-electron chi connectivity index (χ1n) is 9.39. The normalized spacial score (nSPS) is 16.5. The van der Waals surface area contributed by atoms with Crippen LogP contribution < -0.4 is 10.1 Å². The van der Waals surface area contributed by atoms with Crippen LogP contribution in [-0.2, 0) is 14.3 Å². The number of carbonyl (C=O) groups excluding carboxylic acids is 3. The molecule has 1 aromatic carbocycles. The second kappa shape index (κ2) is 9.92. The lowest BCUT2D eigenvalue weighted by Crippen LogP contribution is -2.57. The first-order valence-corrected chi connectivity index (χ1v) is 9.39. The van der Waals surface area contributed by atoms with Crippen LogP contribution in [0, 0.1) is 5.92 Å². The van der Waals surface area contributed by atoms with E-state index in [-0.39, 0.29) is 30.8 Å². The summed E-state index contributed by atoms with van der Waals surface area (Å²) >= 11 is 0. The lowest BCUT2D eigenvalue weighted by molar-refractivity contribution is -0.148. The fraction of sp³-hybridized carbons (Fsp3) is 0.476. The van der Waals surface area contributed by atoms with Crippen LogP contribution in [0.1, 0.15) is 37.6 Å². The van der Waals surface area contributed by atoms with Gasteiger partial charge in [0.2, 0.25) is 5.91 Å². The number of rotatable bonds is 8. The number of carbonyl (C=O) groups is 3. The summed E-state index contributed by atoms with van der Waals surface area (Å²) in [6, 6.07) is 5.83. The van der Waals surface area contributed by atoms with Crippen molar-refractivity contribution in [2.75, 3.05) is 26.3 Å². The number of piperazine rings is 1. The van der Waals surface area contributed by atoms with E-state index in [1.807, 2.05) is 20.8 Å². The summed E-state index contributed by atoms with van der Waals surface area (Å²) < 4.78 is 10.7. The Bertz CT molecular complexity index is 727. The number of ether oxygens (including phenoxy) is 2. The predicted molar refractivity (Wildman–Crippen MR) is 105 cm³/mol. The molecule has 7 nitrogen and oxygen atoms in total. The van der Waals surface area contributed by atoms with Gasteiger partial charge in [-0.05, 0) is 42.7 Å². The molecule has 1 heterocycles. The number of hydrogen-bond acceptors (Lipinski definition) is 5. The summed E-state index contributed by atoms with van der Waals surface area (Å²) in [5.41, 5.74) is 1.32. The van der Waals surface area contributed by atoms with Crippen molar-refractivity contribution in [3.63, 3.8) is 0 Å². The van der Waals surface area contributed by atoms with Gasteiger partial charge in [-0.3, -0.25) is 14.4 Å². The highest BCUT2D eigenvalue weighted by molar-refractivity contribution is 5.99. The van der Waals surface area contributed by atoms with Gasteiger partial charge in [0.05, 0.1) is 13.0 Å². The summed E-state index contributed by atoms with van der Waals surface area (Å²) in [4.78, 5) is 38.7. The number of hydrogen-bond donors (Lipinski definition) is 1. The molecule has 1 fully saturated rings. The summed E-state index contributed by atoms with van der Waals surface area (Å²) in [5.74, 6) is -0.306. The fourth-order valence-corrected chi connectivity index (χ4v) is 2.70.